The lowest BCUT2D eigenvalue weighted by Gasteiger charge is -2.19. The monoisotopic (exact) mass is 280 g/mol. The quantitative estimate of drug-likeness (QED) is 0.843. The largest absolute Gasteiger partial charge is 0.399 e. The summed E-state index contributed by atoms with van der Waals surface area (Å²) in [5.41, 5.74) is 9.27. The summed E-state index contributed by atoms with van der Waals surface area (Å²) in [5.74, 6) is 0.504. The average molecular weight is 280 g/mol. The molecule has 2 aromatic carbocycles. The Balaban J connectivity index is 1.81. The zero-order valence-electron chi connectivity index (χ0n) is 12.2. The van der Waals surface area contributed by atoms with E-state index in [4.69, 9.17) is 5.73 Å². The van der Waals surface area contributed by atoms with Gasteiger partial charge in [0.1, 0.15) is 0 Å². The minimum absolute atomic E-state index is 0.0499. The van der Waals surface area contributed by atoms with E-state index in [2.05, 4.69) is 17.4 Å². The fourth-order valence-corrected chi connectivity index (χ4v) is 2.73. The van der Waals surface area contributed by atoms with Crippen molar-refractivity contribution in [3.05, 3.63) is 65.2 Å². The fraction of sp³-hybridized carbons (Fsp3) is 0.278. The van der Waals surface area contributed by atoms with Crippen LogP contribution in [0.1, 0.15) is 40.4 Å². The highest BCUT2D eigenvalue weighted by Gasteiger charge is 2.33. The molecule has 0 aliphatic heterocycles. The molecule has 1 unspecified atom stereocenters. The Hall–Kier alpha value is -2.29. The van der Waals surface area contributed by atoms with Crippen molar-refractivity contribution in [1.82, 2.24) is 5.32 Å². The van der Waals surface area contributed by atoms with Crippen LogP contribution in [0.25, 0.3) is 0 Å². The zero-order chi connectivity index (χ0) is 14.8. The molecule has 108 valence electrons. The Morgan fingerprint density at radius 1 is 1.19 bits per heavy atom. The lowest BCUT2D eigenvalue weighted by molar-refractivity contribution is 0.0931. The van der Waals surface area contributed by atoms with Crippen molar-refractivity contribution >= 4 is 11.6 Å². The minimum Gasteiger partial charge on any atom is -0.399 e. The van der Waals surface area contributed by atoms with E-state index in [-0.39, 0.29) is 11.9 Å². The smallest absolute Gasteiger partial charge is 0.251 e. The molecule has 0 aromatic heterocycles. The maximum absolute atomic E-state index is 12.5. The Bertz CT molecular complexity index is 627. The average Bonchev–Trinajstić information content (AvgIpc) is 3.29. The molecule has 0 radical (unpaired) electrons. The third-order valence-corrected chi connectivity index (χ3v) is 3.90. The highest BCUT2D eigenvalue weighted by Crippen LogP contribution is 2.41. The number of rotatable bonds is 4. The third-order valence-electron chi connectivity index (χ3n) is 3.90. The predicted octanol–water partition coefficient (Wildman–Crippen LogP) is 3.46. The topological polar surface area (TPSA) is 55.1 Å². The van der Waals surface area contributed by atoms with Crippen molar-refractivity contribution in [3.63, 3.8) is 0 Å². The second kappa shape index (κ2) is 5.60. The molecule has 1 atom stereocenters. The van der Waals surface area contributed by atoms with Crippen LogP contribution in [0.5, 0.6) is 0 Å². The number of nitrogen functional groups attached to an aromatic ring is 1. The van der Waals surface area contributed by atoms with Gasteiger partial charge in [-0.25, -0.2) is 0 Å². The van der Waals surface area contributed by atoms with Gasteiger partial charge in [0.15, 0.2) is 0 Å². The number of carbonyl (C=O) groups excluding carboxylic acids is 1. The van der Waals surface area contributed by atoms with E-state index in [9.17, 15) is 4.79 Å². The van der Waals surface area contributed by atoms with Crippen LogP contribution < -0.4 is 11.1 Å². The number of benzene rings is 2. The van der Waals surface area contributed by atoms with Crippen LogP contribution in [0.4, 0.5) is 5.69 Å². The van der Waals surface area contributed by atoms with E-state index in [1.807, 2.05) is 37.3 Å². The molecule has 0 saturated heterocycles. The Morgan fingerprint density at radius 3 is 2.52 bits per heavy atom. The van der Waals surface area contributed by atoms with E-state index in [1.165, 1.54) is 18.4 Å². The zero-order valence-corrected chi connectivity index (χ0v) is 12.2. The maximum atomic E-state index is 12.5. The van der Waals surface area contributed by atoms with E-state index in [0.29, 0.717) is 17.2 Å². The number of carbonyl (C=O) groups is 1. The molecule has 3 N–H and O–H groups in total. The van der Waals surface area contributed by atoms with E-state index >= 15 is 0 Å². The standard InChI is InChI=1S/C18H20N2O/c1-12-9-15(11-16(19)10-12)18(21)20-17(14-7-8-14)13-5-3-2-4-6-13/h2-6,9-11,14,17H,7-8,19H2,1H3,(H,20,21). The van der Waals surface area contributed by atoms with Gasteiger partial charge in [-0.05, 0) is 55.0 Å². The van der Waals surface area contributed by atoms with Crippen molar-refractivity contribution in [2.24, 2.45) is 5.92 Å². The lowest BCUT2D eigenvalue weighted by atomic mass is 10.0. The lowest BCUT2D eigenvalue weighted by Crippen LogP contribution is -2.30. The summed E-state index contributed by atoms with van der Waals surface area (Å²) in [5, 5.41) is 3.17. The van der Waals surface area contributed by atoms with Crippen LogP contribution in [-0.2, 0) is 0 Å². The number of nitrogens with one attached hydrogen (secondary N) is 1. The van der Waals surface area contributed by atoms with Crippen LogP contribution in [0.2, 0.25) is 0 Å². The Kier molecular flexibility index (Phi) is 3.65. The second-order valence-electron chi connectivity index (χ2n) is 5.83. The van der Waals surface area contributed by atoms with Crippen LogP contribution in [0.15, 0.2) is 48.5 Å². The minimum atomic E-state index is -0.0499. The first-order chi connectivity index (χ1) is 10.1. The molecule has 1 amide bonds. The van der Waals surface area contributed by atoms with Crippen LogP contribution >= 0.6 is 0 Å². The number of hydrogen-bond donors (Lipinski definition) is 2. The van der Waals surface area contributed by atoms with Crippen molar-refractivity contribution in [1.29, 1.82) is 0 Å². The maximum Gasteiger partial charge on any atom is 0.251 e. The molecule has 1 saturated carbocycles. The van der Waals surface area contributed by atoms with Gasteiger partial charge in [0, 0.05) is 11.3 Å². The van der Waals surface area contributed by atoms with Crippen LogP contribution in [0.3, 0.4) is 0 Å². The van der Waals surface area contributed by atoms with Gasteiger partial charge in [0.2, 0.25) is 0 Å². The van der Waals surface area contributed by atoms with Gasteiger partial charge in [0.05, 0.1) is 6.04 Å². The molecule has 1 fully saturated rings. The first-order valence-electron chi connectivity index (χ1n) is 7.36. The molecule has 3 rings (SSSR count). The Morgan fingerprint density at radius 2 is 1.90 bits per heavy atom. The molecular formula is C18H20N2O. The number of hydrogen-bond acceptors (Lipinski definition) is 2. The van der Waals surface area contributed by atoms with Gasteiger partial charge in [-0.3, -0.25) is 4.79 Å². The molecular weight excluding hydrogens is 260 g/mol. The predicted molar refractivity (Wildman–Crippen MR) is 85.0 cm³/mol. The normalized spacial score (nSPS) is 15.5. The molecule has 2 aromatic rings. The SMILES string of the molecule is Cc1cc(N)cc(C(=O)NC(c2ccccc2)C2CC2)c1. The second-order valence-corrected chi connectivity index (χ2v) is 5.83. The molecule has 1 aliphatic rings. The molecule has 1 aliphatic carbocycles. The van der Waals surface area contributed by atoms with Gasteiger partial charge in [-0.15, -0.1) is 0 Å². The summed E-state index contributed by atoms with van der Waals surface area (Å²) in [7, 11) is 0. The van der Waals surface area contributed by atoms with Crippen molar-refractivity contribution in [3.8, 4) is 0 Å². The first kappa shape index (κ1) is 13.7. The Labute approximate surface area is 125 Å². The molecule has 0 bridgehead atoms. The van der Waals surface area contributed by atoms with Crippen molar-refractivity contribution < 1.29 is 4.79 Å². The first-order valence-corrected chi connectivity index (χ1v) is 7.36. The number of aryl methyl sites for hydroxylation is 1. The molecule has 3 heteroatoms. The fourth-order valence-electron chi connectivity index (χ4n) is 2.73. The molecule has 0 heterocycles. The van der Waals surface area contributed by atoms with Gasteiger partial charge in [-0.1, -0.05) is 30.3 Å². The van der Waals surface area contributed by atoms with E-state index in [1.54, 1.807) is 6.07 Å². The van der Waals surface area contributed by atoms with E-state index < -0.39 is 0 Å². The third kappa shape index (κ3) is 3.24. The summed E-state index contributed by atoms with van der Waals surface area (Å²) in [4.78, 5) is 12.5. The van der Waals surface area contributed by atoms with Gasteiger partial charge < -0.3 is 11.1 Å². The summed E-state index contributed by atoms with van der Waals surface area (Å²) in [6.45, 7) is 1.95. The van der Waals surface area contributed by atoms with Crippen molar-refractivity contribution in [2.75, 3.05) is 5.73 Å². The number of amides is 1. The van der Waals surface area contributed by atoms with Gasteiger partial charge >= 0.3 is 0 Å². The van der Waals surface area contributed by atoms with Crippen LogP contribution in [-0.4, -0.2) is 5.91 Å². The molecule has 3 nitrogen and oxygen atoms in total. The highest BCUT2D eigenvalue weighted by molar-refractivity contribution is 5.95. The van der Waals surface area contributed by atoms with E-state index in [0.717, 1.165) is 5.56 Å². The summed E-state index contributed by atoms with van der Waals surface area (Å²) >= 11 is 0. The molecule has 0 spiro atoms. The summed E-state index contributed by atoms with van der Waals surface area (Å²) in [6, 6.07) is 15.8. The van der Waals surface area contributed by atoms with Gasteiger partial charge in [0.25, 0.3) is 5.91 Å². The summed E-state index contributed by atoms with van der Waals surface area (Å²) in [6.07, 6.45) is 2.35. The number of anilines is 1. The van der Waals surface area contributed by atoms with Crippen molar-refractivity contribution in [2.45, 2.75) is 25.8 Å². The highest BCUT2D eigenvalue weighted by atomic mass is 16.1. The summed E-state index contributed by atoms with van der Waals surface area (Å²) < 4.78 is 0. The molecule has 21 heavy (non-hydrogen) atoms. The number of nitrogens with two attached hydrogens (primary N) is 1. The van der Waals surface area contributed by atoms with Gasteiger partial charge in [-0.2, -0.15) is 0 Å². The van der Waals surface area contributed by atoms with Crippen LogP contribution in [0, 0.1) is 12.8 Å².